The van der Waals surface area contributed by atoms with Gasteiger partial charge in [-0.15, -0.1) is 0 Å². The number of nitrogens with one attached hydrogen (secondary N) is 1. The average Bonchev–Trinajstić information content (AvgIpc) is 2.61. The summed E-state index contributed by atoms with van der Waals surface area (Å²) in [6, 6.07) is 14.5. The summed E-state index contributed by atoms with van der Waals surface area (Å²) in [6.45, 7) is 2.42. The standard InChI is InChI=1S/C18H20N2O3S/c1-2-23-17-9-11-18(12-10-17)24(21,22)20-19-16-8-7-14-5-3-4-6-15(14)13-16/h3-6,9-12,20H,2,7-8,13H2,1H3/b19-16-. The highest BCUT2D eigenvalue weighted by molar-refractivity contribution is 7.89. The van der Waals surface area contributed by atoms with Crippen molar-refractivity contribution in [3.8, 4) is 5.75 Å². The minimum Gasteiger partial charge on any atom is -0.494 e. The van der Waals surface area contributed by atoms with Crippen LogP contribution in [0.5, 0.6) is 5.75 Å². The lowest BCUT2D eigenvalue weighted by molar-refractivity contribution is 0.340. The zero-order valence-corrected chi connectivity index (χ0v) is 14.3. The fraction of sp³-hybridized carbons (Fsp3) is 0.278. The van der Waals surface area contributed by atoms with E-state index in [1.165, 1.54) is 23.3 Å². The number of ether oxygens (including phenoxy) is 1. The van der Waals surface area contributed by atoms with Crippen LogP contribution in [-0.4, -0.2) is 20.7 Å². The zero-order chi connectivity index (χ0) is 17.0. The average molecular weight is 344 g/mol. The molecular formula is C18H20N2O3S. The largest absolute Gasteiger partial charge is 0.494 e. The highest BCUT2D eigenvalue weighted by Gasteiger charge is 2.16. The van der Waals surface area contributed by atoms with Crippen molar-refractivity contribution in [2.45, 2.75) is 31.1 Å². The van der Waals surface area contributed by atoms with Gasteiger partial charge in [0.25, 0.3) is 10.0 Å². The number of hydrogen-bond donors (Lipinski definition) is 1. The van der Waals surface area contributed by atoms with Crippen molar-refractivity contribution in [3.63, 3.8) is 0 Å². The topological polar surface area (TPSA) is 67.8 Å². The summed E-state index contributed by atoms with van der Waals surface area (Å²) in [5.74, 6) is 0.645. The van der Waals surface area contributed by atoms with E-state index in [2.05, 4.69) is 22.1 Å². The molecule has 0 aromatic heterocycles. The first-order valence-electron chi connectivity index (χ1n) is 7.95. The Morgan fingerprint density at radius 2 is 1.75 bits per heavy atom. The van der Waals surface area contributed by atoms with Crippen molar-refractivity contribution >= 4 is 15.7 Å². The Bertz CT molecular complexity index is 843. The van der Waals surface area contributed by atoms with Gasteiger partial charge in [-0.1, -0.05) is 24.3 Å². The second-order valence-electron chi connectivity index (χ2n) is 5.62. The molecular weight excluding hydrogens is 324 g/mol. The predicted octanol–water partition coefficient (Wildman–Crippen LogP) is 2.91. The first kappa shape index (κ1) is 16.5. The van der Waals surface area contributed by atoms with Gasteiger partial charge in [-0.2, -0.15) is 13.5 Å². The Balaban J connectivity index is 1.71. The number of aryl methyl sites for hydroxylation is 1. The third kappa shape index (κ3) is 3.76. The van der Waals surface area contributed by atoms with Gasteiger partial charge < -0.3 is 4.74 Å². The predicted molar refractivity (Wildman–Crippen MR) is 93.8 cm³/mol. The van der Waals surface area contributed by atoms with Crippen molar-refractivity contribution in [1.29, 1.82) is 0 Å². The van der Waals surface area contributed by atoms with Gasteiger partial charge >= 0.3 is 0 Å². The number of hydrazone groups is 1. The molecule has 0 heterocycles. The molecule has 0 saturated carbocycles. The Morgan fingerprint density at radius 3 is 2.46 bits per heavy atom. The fourth-order valence-electron chi connectivity index (χ4n) is 2.72. The second kappa shape index (κ2) is 7.05. The number of sulfonamides is 1. The first-order chi connectivity index (χ1) is 11.6. The van der Waals surface area contributed by atoms with E-state index < -0.39 is 10.0 Å². The van der Waals surface area contributed by atoms with E-state index in [1.807, 2.05) is 19.1 Å². The summed E-state index contributed by atoms with van der Waals surface area (Å²) >= 11 is 0. The SMILES string of the molecule is CCOc1ccc(S(=O)(=O)N/N=C2/CCc3ccccc3C2)cc1. The van der Waals surface area contributed by atoms with E-state index in [-0.39, 0.29) is 4.90 Å². The lowest BCUT2D eigenvalue weighted by Gasteiger charge is -2.17. The van der Waals surface area contributed by atoms with E-state index >= 15 is 0 Å². The molecule has 6 heteroatoms. The third-order valence-electron chi connectivity index (χ3n) is 3.96. The van der Waals surface area contributed by atoms with Gasteiger partial charge in [-0.25, -0.2) is 4.83 Å². The van der Waals surface area contributed by atoms with Crippen LogP contribution < -0.4 is 9.57 Å². The van der Waals surface area contributed by atoms with Crippen LogP contribution in [-0.2, 0) is 22.9 Å². The van der Waals surface area contributed by atoms with E-state index in [0.29, 0.717) is 18.8 Å². The summed E-state index contributed by atoms with van der Waals surface area (Å²) in [5, 5.41) is 4.14. The normalized spacial score (nSPS) is 15.8. The molecule has 1 N–H and O–H groups in total. The summed E-state index contributed by atoms with van der Waals surface area (Å²) in [7, 11) is -3.66. The lowest BCUT2D eigenvalue weighted by atomic mass is 9.90. The van der Waals surface area contributed by atoms with E-state index in [9.17, 15) is 8.42 Å². The molecule has 2 aromatic carbocycles. The molecule has 0 spiro atoms. The summed E-state index contributed by atoms with van der Waals surface area (Å²) in [6.07, 6.45) is 2.34. The van der Waals surface area contributed by atoms with Crippen LogP contribution in [0.1, 0.15) is 24.5 Å². The minimum atomic E-state index is -3.66. The van der Waals surface area contributed by atoms with Gasteiger partial charge in [0.1, 0.15) is 5.75 Å². The van der Waals surface area contributed by atoms with Crippen LogP contribution in [0, 0.1) is 0 Å². The molecule has 1 aliphatic carbocycles. The van der Waals surface area contributed by atoms with Gasteiger partial charge in [0.05, 0.1) is 11.5 Å². The monoisotopic (exact) mass is 344 g/mol. The molecule has 0 radical (unpaired) electrons. The maximum atomic E-state index is 12.3. The van der Waals surface area contributed by atoms with Crippen LogP contribution >= 0.6 is 0 Å². The van der Waals surface area contributed by atoms with Crippen molar-refractivity contribution in [2.75, 3.05) is 6.61 Å². The molecule has 1 aliphatic rings. The van der Waals surface area contributed by atoms with Gasteiger partial charge in [0, 0.05) is 12.1 Å². The number of hydrogen-bond acceptors (Lipinski definition) is 4. The molecule has 24 heavy (non-hydrogen) atoms. The van der Waals surface area contributed by atoms with Gasteiger partial charge in [-0.05, 0) is 55.2 Å². The quantitative estimate of drug-likeness (QED) is 0.848. The highest BCUT2D eigenvalue weighted by Crippen LogP contribution is 2.20. The second-order valence-corrected chi connectivity index (χ2v) is 7.28. The Labute approximate surface area is 142 Å². The van der Waals surface area contributed by atoms with Crippen molar-refractivity contribution in [2.24, 2.45) is 5.10 Å². The number of benzene rings is 2. The molecule has 0 fully saturated rings. The molecule has 2 aromatic rings. The molecule has 0 unspecified atom stereocenters. The number of rotatable bonds is 5. The van der Waals surface area contributed by atoms with Crippen LogP contribution in [0.2, 0.25) is 0 Å². The molecule has 5 nitrogen and oxygen atoms in total. The molecule has 0 saturated heterocycles. The maximum Gasteiger partial charge on any atom is 0.276 e. The van der Waals surface area contributed by atoms with Gasteiger partial charge in [0.2, 0.25) is 0 Å². The molecule has 0 amide bonds. The number of fused-ring (bicyclic) bond motifs is 1. The molecule has 0 bridgehead atoms. The smallest absolute Gasteiger partial charge is 0.276 e. The lowest BCUT2D eigenvalue weighted by Crippen LogP contribution is -2.23. The molecule has 0 aliphatic heterocycles. The fourth-order valence-corrected chi connectivity index (χ4v) is 3.56. The summed E-state index contributed by atoms with van der Waals surface area (Å²) in [4.78, 5) is 2.52. The first-order valence-corrected chi connectivity index (χ1v) is 9.43. The third-order valence-corrected chi connectivity index (χ3v) is 5.19. The van der Waals surface area contributed by atoms with Gasteiger partial charge in [-0.3, -0.25) is 0 Å². The molecule has 3 rings (SSSR count). The molecule has 0 atom stereocenters. The number of nitrogens with zero attached hydrogens (tertiary/aromatic N) is 1. The summed E-state index contributed by atoms with van der Waals surface area (Å²) < 4.78 is 30.0. The van der Waals surface area contributed by atoms with Gasteiger partial charge in [0.15, 0.2) is 0 Å². The Kier molecular flexibility index (Phi) is 4.85. The van der Waals surface area contributed by atoms with Crippen LogP contribution in [0.25, 0.3) is 0 Å². The van der Waals surface area contributed by atoms with Crippen molar-refractivity contribution in [3.05, 3.63) is 59.7 Å². The van der Waals surface area contributed by atoms with E-state index in [0.717, 1.165) is 18.6 Å². The minimum absolute atomic E-state index is 0.173. The van der Waals surface area contributed by atoms with Crippen molar-refractivity contribution < 1.29 is 13.2 Å². The van der Waals surface area contributed by atoms with Crippen LogP contribution in [0.3, 0.4) is 0 Å². The summed E-state index contributed by atoms with van der Waals surface area (Å²) in [5.41, 5.74) is 3.37. The Hall–Kier alpha value is -2.34. The van der Waals surface area contributed by atoms with E-state index in [4.69, 9.17) is 4.74 Å². The Morgan fingerprint density at radius 1 is 1.04 bits per heavy atom. The van der Waals surface area contributed by atoms with E-state index in [1.54, 1.807) is 12.1 Å². The highest BCUT2D eigenvalue weighted by atomic mass is 32.2. The van der Waals surface area contributed by atoms with Crippen LogP contribution in [0.4, 0.5) is 0 Å². The van der Waals surface area contributed by atoms with Crippen LogP contribution in [0.15, 0.2) is 58.5 Å². The molecule has 126 valence electrons. The van der Waals surface area contributed by atoms with Crippen molar-refractivity contribution in [1.82, 2.24) is 4.83 Å². The zero-order valence-electron chi connectivity index (χ0n) is 13.5. The maximum absolute atomic E-state index is 12.3.